The van der Waals surface area contributed by atoms with Crippen LogP contribution in [0.2, 0.25) is 0 Å². The Morgan fingerprint density at radius 2 is 1.85 bits per heavy atom. The monoisotopic (exact) mass is 272 g/mol. The summed E-state index contributed by atoms with van der Waals surface area (Å²) in [5.74, 6) is -1.34. The second-order valence-corrected chi connectivity index (χ2v) is 4.60. The Kier molecular flexibility index (Phi) is 4.44. The van der Waals surface area contributed by atoms with Crippen molar-refractivity contribution in [2.24, 2.45) is 0 Å². The van der Waals surface area contributed by atoms with Crippen LogP contribution in [0.25, 0.3) is 0 Å². The largest absolute Gasteiger partial charge is 0.283 e. The van der Waals surface area contributed by atoms with E-state index in [4.69, 9.17) is 0 Å². The summed E-state index contributed by atoms with van der Waals surface area (Å²) in [4.78, 5) is 1.73. The number of halogens is 2. The molecule has 0 fully saturated rings. The highest BCUT2D eigenvalue weighted by molar-refractivity contribution is 5.27. The van der Waals surface area contributed by atoms with Gasteiger partial charge in [-0.25, -0.2) is 8.78 Å². The molecular formula is C16H14F2N2. The van der Waals surface area contributed by atoms with Gasteiger partial charge in [-0.1, -0.05) is 36.4 Å². The lowest BCUT2D eigenvalue weighted by Gasteiger charge is -2.23. The lowest BCUT2D eigenvalue weighted by molar-refractivity contribution is 0.277. The van der Waals surface area contributed by atoms with Crippen LogP contribution in [-0.4, -0.2) is 11.9 Å². The summed E-state index contributed by atoms with van der Waals surface area (Å²) >= 11 is 0. The van der Waals surface area contributed by atoms with E-state index in [1.807, 2.05) is 30.3 Å². The number of nitriles is 1. The van der Waals surface area contributed by atoms with Crippen molar-refractivity contribution in [2.75, 3.05) is 7.05 Å². The third-order valence-corrected chi connectivity index (χ3v) is 3.09. The maximum absolute atomic E-state index is 13.8. The molecule has 4 heteroatoms. The number of hydrogen-bond acceptors (Lipinski definition) is 2. The fraction of sp³-hybridized carbons (Fsp3) is 0.188. The maximum Gasteiger partial charge on any atom is 0.131 e. The van der Waals surface area contributed by atoms with Crippen molar-refractivity contribution in [3.8, 4) is 6.07 Å². The van der Waals surface area contributed by atoms with Crippen molar-refractivity contribution in [2.45, 2.75) is 12.6 Å². The molecule has 0 aliphatic heterocycles. The van der Waals surface area contributed by atoms with Crippen molar-refractivity contribution >= 4 is 0 Å². The van der Waals surface area contributed by atoms with E-state index in [2.05, 4.69) is 6.07 Å². The van der Waals surface area contributed by atoms with E-state index in [1.54, 1.807) is 11.9 Å². The topological polar surface area (TPSA) is 27.0 Å². The summed E-state index contributed by atoms with van der Waals surface area (Å²) in [6, 6.07) is 14.2. The smallest absolute Gasteiger partial charge is 0.131 e. The third kappa shape index (κ3) is 3.19. The lowest BCUT2D eigenvalue weighted by Crippen LogP contribution is -2.24. The van der Waals surface area contributed by atoms with Gasteiger partial charge in [0, 0.05) is 18.2 Å². The predicted octanol–water partition coefficient (Wildman–Crippen LogP) is 3.66. The van der Waals surface area contributed by atoms with Crippen molar-refractivity contribution in [1.82, 2.24) is 4.90 Å². The molecule has 0 radical (unpaired) electrons. The van der Waals surface area contributed by atoms with Crippen LogP contribution in [0, 0.1) is 23.0 Å². The molecule has 20 heavy (non-hydrogen) atoms. The fourth-order valence-electron chi connectivity index (χ4n) is 2.09. The van der Waals surface area contributed by atoms with E-state index in [0.717, 1.165) is 11.6 Å². The van der Waals surface area contributed by atoms with Gasteiger partial charge in [0.05, 0.1) is 6.07 Å². The molecule has 0 heterocycles. The molecule has 2 aromatic carbocycles. The first-order valence-corrected chi connectivity index (χ1v) is 6.20. The van der Waals surface area contributed by atoms with Crippen LogP contribution in [0.5, 0.6) is 0 Å². The number of hydrogen-bond donors (Lipinski definition) is 0. The van der Waals surface area contributed by atoms with E-state index in [0.29, 0.717) is 6.54 Å². The molecule has 0 N–H and O–H groups in total. The first kappa shape index (κ1) is 14.2. The average molecular weight is 272 g/mol. The van der Waals surface area contributed by atoms with Crippen molar-refractivity contribution in [1.29, 1.82) is 5.26 Å². The van der Waals surface area contributed by atoms with Crippen LogP contribution in [0.3, 0.4) is 0 Å². The van der Waals surface area contributed by atoms with Gasteiger partial charge < -0.3 is 0 Å². The Morgan fingerprint density at radius 1 is 1.15 bits per heavy atom. The molecule has 0 aromatic heterocycles. The second-order valence-electron chi connectivity index (χ2n) is 4.60. The molecule has 0 amide bonds. The van der Waals surface area contributed by atoms with Crippen LogP contribution in [0.1, 0.15) is 17.2 Å². The Bertz CT molecular complexity index is 620. The Hall–Kier alpha value is -2.25. The Labute approximate surface area is 116 Å². The highest BCUT2D eigenvalue weighted by Gasteiger charge is 2.20. The van der Waals surface area contributed by atoms with E-state index >= 15 is 0 Å². The van der Waals surface area contributed by atoms with Gasteiger partial charge in [-0.2, -0.15) is 5.26 Å². The molecule has 0 aliphatic rings. The van der Waals surface area contributed by atoms with E-state index in [-0.39, 0.29) is 5.56 Å². The molecule has 0 bridgehead atoms. The van der Waals surface area contributed by atoms with Gasteiger partial charge in [0.15, 0.2) is 0 Å². The summed E-state index contributed by atoms with van der Waals surface area (Å²) < 4.78 is 26.7. The number of nitrogens with zero attached hydrogens (tertiary/aromatic N) is 2. The van der Waals surface area contributed by atoms with Gasteiger partial charge in [0.25, 0.3) is 0 Å². The summed E-state index contributed by atoms with van der Waals surface area (Å²) in [5.41, 5.74) is 1.21. The summed E-state index contributed by atoms with van der Waals surface area (Å²) in [5, 5.41) is 9.27. The lowest BCUT2D eigenvalue weighted by atomic mass is 10.1. The summed E-state index contributed by atoms with van der Waals surface area (Å²) in [6.07, 6.45) is 0. The van der Waals surface area contributed by atoms with Crippen LogP contribution in [0.4, 0.5) is 8.78 Å². The molecule has 1 unspecified atom stereocenters. The zero-order chi connectivity index (χ0) is 14.5. The molecule has 102 valence electrons. The van der Waals surface area contributed by atoms with E-state index in [1.165, 1.54) is 12.1 Å². The highest BCUT2D eigenvalue weighted by Crippen LogP contribution is 2.23. The zero-order valence-corrected chi connectivity index (χ0v) is 11.1. The van der Waals surface area contributed by atoms with Gasteiger partial charge in [-0.3, -0.25) is 4.90 Å². The van der Waals surface area contributed by atoms with Gasteiger partial charge >= 0.3 is 0 Å². The van der Waals surface area contributed by atoms with Crippen molar-refractivity contribution in [3.63, 3.8) is 0 Å². The summed E-state index contributed by atoms with van der Waals surface area (Å²) in [7, 11) is 1.74. The van der Waals surface area contributed by atoms with Crippen LogP contribution >= 0.6 is 0 Å². The minimum atomic E-state index is -0.754. The molecule has 0 saturated carbocycles. The SMILES string of the molecule is CN(Cc1ccccc1)C(C#N)c1ccc(F)cc1F. The Morgan fingerprint density at radius 3 is 2.45 bits per heavy atom. The molecule has 2 rings (SSSR count). The maximum atomic E-state index is 13.8. The number of benzene rings is 2. The molecular weight excluding hydrogens is 258 g/mol. The van der Waals surface area contributed by atoms with Crippen molar-refractivity contribution < 1.29 is 8.78 Å². The van der Waals surface area contributed by atoms with Gasteiger partial charge in [-0.05, 0) is 18.7 Å². The first-order valence-electron chi connectivity index (χ1n) is 6.20. The minimum Gasteiger partial charge on any atom is -0.283 e. The average Bonchev–Trinajstić information content (AvgIpc) is 2.43. The highest BCUT2D eigenvalue weighted by atomic mass is 19.1. The Balaban J connectivity index is 2.22. The number of rotatable bonds is 4. The van der Waals surface area contributed by atoms with Gasteiger partial charge in [0.1, 0.15) is 17.7 Å². The van der Waals surface area contributed by atoms with Crippen LogP contribution < -0.4 is 0 Å². The normalized spacial score (nSPS) is 12.2. The zero-order valence-electron chi connectivity index (χ0n) is 11.1. The second kappa shape index (κ2) is 6.27. The van der Waals surface area contributed by atoms with Gasteiger partial charge in [0.2, 0.25) is 0 Å². The van der Waals surface area contributed by atoms with Gasteiger partial charge in [-0.15, -0.1) is 0 Å². The first-order chi connectivity index (χ1) is 9.61. The predicted molar refractivity (Wildman–Crippen MR) is 72.6 cm³/mol. The van der Waals surface area contributed by atoms with Crippen LogP contribution in [-0.2, 0) is 6.54 Å². The summed E-state index contributed by atoms with van der Waals surface area (Å²) in [6.45, 7) is 0.510. The third-order valence-electron chi connectivity index (χ3n) is 3.09. The minimum absolute atomic E-state index is 0.187. The quantitative estimate of drug-likeness (QED) is 0.849. The molecule has 0 saturated heterocycles. The van der Waals surface area contributed by atoms with E-state index in [9.17, 15) is 14.0 Å². The molecule has 0 aliphatic carbocycles. The molecule has 2 aromatic rings. The standard InChI is InChI=1S/C16H14F2N2/c1-20(11-12-5-3-2-4-6-12)16(10-19)14-8-7-13(17)9-15(14)18/h2-9,16H,11H2,1H3. The molecule has 1 atom stereocenters. The molecule has 2 nitrogen and oxygen atoms in total. The van der Waals surface area contributed by atoms with E-state index < -0.39 is 17.7 Å². The van der Waals surface area contributed by atoms with Crippen molar-refractivity contribution in [3.05, 3.63) is 71.3 Å². The van der Waals surface area contributed by atoms with Crippen LogP contribution in [0.15, 0.2) is 48.5 Å². The molecule has 0 spiro atoms. The fourth-order valence-corrected chi connectivity index (χ4v) is 2.09.